The molecule has 7 nitrogen and oxygen atoms in total. The molecule has 0 aliphatic carbocycles. The average molecular weight is 434 g/mol. The highest BCUT2D eigenvalue weighted by Gasteiger charge is 2.40. The summed E-state index contributed by atoms with van der Waals surface area (Å²) in [6, 6.07) is 3.38. The molecule has 1 aromatic rings. The van der Waals surface area contributed by atoms with Crippen molar-refractivity contribution in [3.63, 3.8) is 0 Å². The molecule has 2 rings (SSSR count). The Labute approximate surface area is 157 Å². The van der Waals surface area contributed by atoms with Crippen molar-refractivity contribution >= 4 is 37.8 Å². The predicted molar refractivity (Wildman–Crippen MR) is 100 cm³/mol. The number of aromatic nitrogens is 1. The Balaban J connectivity index is 2.10. The number of halogens is 1. The molecule has 1 aliphatic rings. The maximum Gasteiger partial charge on any atom is 0.264 e. The third-order valence-electron chi connectivity index (χ3n) is 4.38. The fraction of sp³-hybridized carbons (Fsp3) is 0.625. The van der Waals surface area contributed by atoms with Crippen LogP contribution in [0, 0.1) is 5.92 Å². The van der Waals surface area contributed by atoms with Crippen LogP contribution in [0.1, 0.15) is 43.5 Å². The Morgan fingerprint density at radius 3 is 2.76 bits per heavy atom. The number of carbonyl (C=O) groups excluding carboxylic acids is 1. The molecule has 1 aromatic heterocycles. The van der Waals surface area contributed by atoms with E-state index in [-0.39, 0.29) is 12.1 Å². The Morgan fingerprint density at radius 2 is 2.16 bits per heavy atom. The van der Waals surface area contributed by atoms with E-state index in [0.717, 1.165) is 25.6 Å². The van der Waals surface area contributed by atoms with Gasteiger partial charge in [-0.1, -0.05) is 0 Å². The zero-order valence-electron chi connectivity index (χ0n) is 14.7. The fourth-order valence-corrected chi connectivity index (χ4v) is 4.08. The number of rotatable bonds is 7. The lowest BCUT2D eigenvalue weighted by atomic mass is 9.93. The summed E-state index contributed by atoms with van der Waals surface area (Å²) in [6.07, 6.45) is 3.47. The molecule has 0 bridgehead atoms. The molecule has 25 heavy (non-hydrogen) atoms. The molecular weight excluding hydrogens is 410 g/mol. The van der Waals surface area contributed by atoms with Crippen LogP contribution in [0.3, 0.4) is 0 Å². The molecule has 2 heterocycles. The smallest absolute Gasteiger partial charge is 0.264 e. The minimum Gasteiger partial charge on any atom is -0.365 e. The van der Waals surface area contributed by atoms with Crippen molar-refractivity contribution in [1.29, 1.82) is 0 Å². The number of anilines is 1. The van der Waals surface area contributed by atoms with Gasteiger partial charge in [0.15, 0.2) is 0 Å². The van der Waals surface area contributed by atoms with Crippen LogP contribution >= 0.6 is 15.9 Å². The van der Waals surface area contributed by atoms with Crippen LogP contribution in [-0.4, -0.2) is 44.3 Å². The zero-order valence-corrected chi connectivity index (χ0v) is 17.1. The SMILES string of the molecule is CC1(C)CC(CCCOS(C)(=O)=O)CN1c1nc(Br)ccc1C(N)=O. The second kappa shape index (κ2) is 7.59. The number of primary amides is 1. The summed E-state index contributed by atoms with van der Waals surface area (Å²) in [5.74, 6) is 0.442. The van der Waals surface area contributed by atoms with Crippen molar-refractivity contribution in [2.24, 2.45) is 11.7 Å². The van der Waals surface area contributed by atoms with E-state index < -0.39 is 16.0 Å². The summed E-state index contributed by atoms with van der Waals surface area (Å²) >= 11 is 3.35. The molecule has 1 aliphatic heterocycles. The van der Waals surface area contributed by atoms with Gasteiger partial charge in [0.2, 0.25) is 0 Å². The number of amides is 1. The molecule has 0 spiro atoms. The summed E-state index contributed by atoms with van der Waals surface area (Å²) in [6.45, 7) is 5.13. The quantitative estimate of drug-likeness (QED) is 0.401. The lowest BCUT2D eigenvalue weighted by Crippen LogP contribution is -2.40. The highest BCUT2D eigenvalue weighted by molar-refractivity contribution is 9.10. The Kier molecular flexibility index (Phi) is 6.11. The van der Waals surface area contributed by atoms with Gasteiger partial charge < -0.3 is 10.6 Å². The van der Waals surface area contributed by atoms with Gasteiger partial charge in [-0.25, -0.2) is 4.98 Å². The molecular formula is C16H24BrN3O4S. The van der Waals surface area contributed by atoms with Crippen molar-refractivity contribution in [3.05, 3.63) is 22.3 Å². The molecule has 2 N–H and O–H groups in total. The molecule has 1 fully saturated rings. The van der Waals surface area contributed by atoms with E-state index in [4.69, 9.17) is 9.92 Å². The molecule has 1 atom stereocenters. The fourth-order valence-electron chi connectivity index (χ4n) is 3.36. The first-order valence-corrected chi connectivity index (χ1v) is 10.7. The van der Waals surface area contributed by atoms with Gasteiger partial charge in [-0.3, -0.25) is 8.98 Å². The van der Waals surface area contributed by atoms with Crippen molar-refractivity contribution in [2.75, 3.05) is 24.3 Å². The van der Waals surface area contributed by atoms with E-state index in [1.165, 1.54) is 0 Å². The molecule has 1 saturated heterocycles. The number of nitrogens with two attached hydrogens (primary N) is 1. The van der Waals surface area contributed by atoms with Gasteiger partial charge >= 0.3 is 0 Å². The van der Waals surface area contributed by atoms with Crippen LogP contribution < -0.4 is 10.6 Å². The van der Waals surface area contributed by atoms with Crippen LogP contribution in [0.5, 0.6) is 0 Å². The van der Waals surface area contributed by atoms with Gasteiger partial charge in [-0.05, 0) is 67.1 Å². The second-order valence-electron chi connectivity index (χ2n) is 7.03. The number of nitrogens with zero attached hydrogens (tertiary/aromatic N) is 2. The Hall–Kier alpha value is -1.19. The summed E-state index contributed by atoms with van der Waals surface area (Å²) in [7, 11) is -3.39. The van der Waals surface area contributed by atoms with Crippen molar-refractivity contribution < 1.29 is 17.4 Å². The Morgan fingerprint density at radius 1 is 1.48 bits per heavy atom. The molecule has 140 valence electrons. The highest BCUT2D eigenvalue weighted by atomic mass is 79.9. The lowest BCUT2D eigenvalue weighted by molar-refractivity contribution is 0.100. The first-order valence-electron chi connectivity index (χ1n) is 8.08. The minimum absolute atomic E-state index is 0.180. The Bertz CT molecular complexity index is 752. The summed E-state index contributed by atoms with van der Waals surface area (Å²) in [5, 5.41) is 0. The van der Waals surface area contributed by atoms with Crippen LogP contribution in [-0.2, 0) is 14.3 Å². The molecule has 1 amide bonds. The number of carbonyl (C=O) groups is 1. The van der Waals surface area contributed by atoms with Gasteiger partial charge in [0.05, 0.1) is 18.4 Å². The standard InChI is InChI=1S/C16H24BrN3O4S/c1-16(2)9-11(5-4-8-24-25(3,22)23)10-20(16)15-12(14(18)21)6-7-13(17)19-15/h6-7,11H,4-5,8-10H2,1-3H3,(H2,18,21). The van der Waals surface area contributed by atoms with E-state index in [1.807, 2.05) is 0 Å². The van der Waals surface area contributed by atoms with Crippen LogP contribution in [0.25, 0.3) is 0 Å². The molecule has 0 radical (unpaired) electrons. The van der Waals surface area contributed by atoms with Gasteiger partial charge in [0.25, 0.3) is 16.0 Å². The van der Waals surface area contributed by atoms with Gasteiger partial charge in [0.1, 0.15) is 10.4 Å². The minimum atomic E-state index is -3.39. The van der Waals surface area contributed by atoms with E-state index >= 15 is 0 Å². The molecule has 0 aromatic carbocycles. The number of hydrogen-bond donors (Lipinski definition) is 1. The first kappa shape index (κ1) is 20.1. The van der Waals surface area contributed by atoms with Crippen molar-refractivity contribution in [3.8, 4) is 0 Å². The zero-order chi connectivity index (χ0) is 18.8. The van der Waals surface area contributed by atoms with E-state index in [1.54, 1.807) is 12.1 Å². The largest absolute Gasteiger partial charge is 0.365 e. The number of hydrogen-bond acceptors (Lipinski definition) is 6. The lowest BCUT2D eigenvalue weighted by Gasteiger charge is -2.33. The third kappa shape index (κ3) is 5.39. The summed E-state index contributed by atoms with van der Waals surface area (Å²) in [5.41, 5.74) is 5.72. The topological polar surface area (TPSA) is 103 Å². The third-order valence-corrected chi connectivity index (χ3v) is 5.41. The highest BCUT2D eigenvalue weighted by Crippen LogP contribution is 2.39. The van der Waals surface area contributed by atoms with Gasteiger partial charge in [-0.15, -0.1) is 0 Å². The van der Waals surface area contributed by atoms with E-state index in [2.05, 4.69) is 39.7 Å². The maximum atomic E-state index is 11.8. The molecule has 9 heteroatoms. The first-order chi connectivity index (χ1) is 11.5. The van der Waals surface area contributed by atoms with E-state index in [9.17, 15) is 13.2 Å². The van der Waals surface area contributed by atoms with Crippen molar-refractivity contribution in [2.45, 2.75) is 38.6 Å². The monoisotopic (exact) mass is 433 g/mol. The maximum absolute atomic E-state index is 11.8. The normalized spacial score (nSPS) is 20.0. The number of pyridine rings is 1. The van der Waals surface area contributed by atoms with Gasteiger partial charge in [0, 0.05) is 12.1 Å². The molecule has 0 saturated carbocycles. The van der Waals surface area contributed by atoms with E-state index in [0.29, 0.717) is 28.3 Å². The van der Waals surface area contributed by atoms with Crippen LogP contribution in [0.2, 0.25) is 0 Å². The summed E-state index contributed by atoms with van der Waals surface area (Å²) in [4.78, 5) is 18.3. The summed E-state index contributed by atoms with van der Waals surface area (Å²) < 4.78 is 27.5. The predicted octanol–water partition coefficient (Wildman–Crippen LogP) is 2.30. The average Bonchev–Trinajstić information content (AvgIpc) is 2.77. The molecule has 1 unspecified atom stereocenters. The van der Waals surface area contributed by atoms with Crippen molar-refractivity contribution in [1.82, 2.24) is 4.98 Å². The van der Waals surface area contributed by atoms with Crippen LogP contribution in [0.15, 0.2) is 16.7 Å². The second-order valence-corrected chi connectivity index (χ2v) is 9.49. The van der Waals surface area contributed by atoms with Gasteiger partial charge in [-0.2, -0.15) is 8.42 Å². The van der Waals surface area contributed by atoms with Crippen LogP contribution in [0.4, 0.5) is 5.82 Å².